The van der Waals surface area contributed by atoms with Gasteiger partial charge in [0.1, 0.15) is 5.56 Å². The molecule has 9 heteroatoms. The summed E-state index contributed by atoms with van der Waals surface area (Å²) in [6.07, 6.45) is 0.200. The zero-order chi connectivity index (χ0) is 21.8. The van der Waals surface area contributed by atoms with E-state index in [2.05, 4.69) is 15.5 Å². The number of amides is 1. The van der Waals surface area contributed by atoms with Crippen LogP contribution in [0.1, 0.15) is 34.8 Å². The Balaban J connectivity index is 2.05. The lowest BCUT2D eigenvalue weighted by atomic mass is 10.1. The second kappa shape index (κ2) is 8.79. The minimum Gasteiger partial charge on any atom is -0.493 e. The highest BCUT2D eigenvalue weighted by Crippen LogP contribution is 2.19. The summed E-state index contributed by atoms with van der Waals surface area (Å²) in [5.74, 6) is -1.14. The lowest BCUT2D eigenvalue weighted by Gasteiger charge is -2.12. The van der Waals surface area contributed by atoms with E-state index < -0.39 is 23.0 Å². The average molecular weight is 427 g/mol. The summed E-state index contributed by atoms with van der Waals surface area (Å²) < 4.78 is 0.969. The molecule has 8 nitrogen and oxygen atoms in total. The number of aromatic amines is 1. The van der Waals surface area contributed by atoms with Gasteiger partial charge < -0.3 is 5.11 Å². The number of halogens is 1. The largest absolute Gasteiger partial charge is 0.493 e. The molecule has 1 heterocycles. The van der Waals surface area contributed by atoms with E-state index in [0.29, 0.717) is 5.69 Å². The molecule has 0 aliphatic carbocycles. The molecule has 0 spiro atoms. The van der Waals surface area contributed by atoms with Crippen molar-refractivity contribution >= 4 is 23.2 Å². The van der Waals surface area contributed by atoms with Crippen LogP contribution in [0.2, 0.25) is 5.02 Å². The number of hydrogen-bond donors (Lipinski definition) is 3. The first-order valence-electron chi connectivity index (χ1n) is 9.10. The van der Waals surface area contributed by atoms with Gasteiger partial charge in [0.25, 0.3) is 11.5 Å². The maximum absolute atomic E-state index is 12.4. The standard InChI is InChI=1S/C21H19ClN4O4/c1-3-16(24-25-18(27)14-6-4-5-7-15(14)22)17-19(28)23-21(30)26(20(17)29)13-10-8-12(2)9-11-13/h4-11,29H,3H2,1-2H3,(H,25,27)(H,23,28,30). The van der Waals surface area contributed by atoms with Crippen molar-refractivity contribution in [2.24, 2.45) is 5.10 Å². The molecule has 0 atom stereocenters. The van der Waals surface area contributed by atoms with Crippen molar-refractivity contribution in [3.05, 3.63) is 91.1 Å². The Morgan fingerprint density at radius 1 is 1.17 bits per heavy atom. The molecule has 2 aromatic carbocycles. The Kier molecular flexibility index (Phi) is 6.17. The molecule has 3 aromatic rings. The number of rotatable bonds is 5. The van der Waals surface area contributed by atoms with Gasteiger partial charge >= 0.3 is 5.69 Å². The summed E-state index contributed by atoms with van der Waals surface area (Å²) in [6, 6.07) is 13.2. The topological polar surface area (TPSA) is 117 Å². The number of H-pyrrole nitrogens is 1. The summed E-state index contributed by atoms with van der Waals surface area (Å²) in [4.78, 5) is 39.3. The van der Waals surface area contributed by atoms with Crippen molar-refractivity contribution in [2.45, 2.75) is 20.3 Å². The van der Waals surface area contributed by atoms with Gasteiger partial charge in [-0.05, 0) is 37.6 Å². The molecule has 0 saturated carbocycles. The van der Waals surface area contributed by atoms with Crippen LogP contribution in [0, 0.1) is 6.92 Å². The number of carbonyl (C=O) groups is 1. The van der Waals surface area contributed by atoms with E-state index in [1.165, 1.54) is 6.07 Å². The number of hydrazone groups is 1. The van der Waals surface area contributed by atoms with Crippen LogP contribution in [0.3, 0.4) is 0 Å². The normalized spacial score (nSPS) is 11.4. The van der Waals surface area contributed by atoms with Gasteiger partial charge in [-0.15, -0.1) is 0 Å². The van der Waals surface area contributed by atoms with Crippen LogP contribution in [0.4, 0.5) is 0 Å². The molecule has 0 bridgehead atoms. The Bertz CT molecular complexity index is 1240. The number of benzene rings is 2. The van der Waals surface area contributed by atoms with E-state index >= 15 is 0 Å². The summed E-state index contributed by atoms with van der Waals surface area (Å²) in [5.41, 5.74) is 2.16. The quantitative estimate of drug-likeness (QED) is 0.429. The van der Waals surface area contributed by atoms with E-state index in [-0.39, 0.29) is 28.3 Å². The Hall–Kier alpha value is -3.65. The predicted molar refractivity (Wildman–Crippen MR) is 115 cm³/mol. The van der Waals surface area contributed by atoms with Gasteiger partial charge in [-0.3, -0.25) is 14.6 Å². The first-order valence-corrected chi connectivity index (χ1v) is 9.48. The fraction of sp³-hybridized carbons (Fsp3) is 0.143. The fourth-order valence-electron chi connectivity index (χ4n) is 2.85. The molecule has 0 aliphatic rings. The summed E-state index contributed by atoms with van der Waals surface area (Å²) in [6.45, 7) is 3.58. The van der Waals surface area contributed by atoms with Gasteiger partial charge in [-0.2, -0.15) is 5.10 Å². The summed E-state index contributed by atoms with van der Waals surface area (Å²) >= 11 is 6.01. The number of carbonyl (C=O) groups excluding carboxylic acids is 1. The van der Waals surface area contributed by atoms with Gasteiger partial charge in [-0.25, -0.2) is 14.8 Å². The van der Waals surface area contributed by atoms with Crippen molar-refractivity contribution in [3.63, 3.8) is 0 Å². The maximum atomic E-state index is 12.4. The molecule has 0 fully saturated rings. The van der Waals surface area contributed by atoms with Gasteiger partial charge in [0, 0.05) is 0 Å². The number of aromatic hydroxyl groups is 1. The van der Waals surface area contributed by atoms with Crippen molar-refractivity contribution in [3.8, 4) is 11.6 Å². The van der Waals surface area contributed by atoms with Crippen molar-refractivity contribution in [2.75, 3.05) is 0 Å². The Labute approximate surface area is 176 Å². The van der Waals surface area contributed by atoms with Crippen LogP contribution >= 0.6 is 11.6 Å². The van der Waals surface area contributed by atoms with Crippen LogP contribution < -0.4 is 16.7 Å². The monoisotopic (exact) mass is 426 g/mol. The molecule has 1 amide bonds. The predicted octanol–water partition coefficient (Wildman–Crippen LogP) is 2.74. The van der Waals surface area contributed by atoms with Crippen LogP contribution in [0.25, 0.3) is 5.69 Å². The first-order chi connectivity index (χ1) is 14.3. The highest BCUT2D eigenvalue weighted by Gasteiger charge is 2.20. The number of aryl methyl sites for hydroxylation is 1. The molecule has 3 N–H and O–H groups in total. The van der Waals surface area contributed by atoms with Crippen molar-refractivity contribution in [1.82, 2.24) is 15.0 Å². The number of nitrogens with zero attached hydrogens (tertiary/aromatic N) is 2. The lowest BCUT2D eigenvalue weighted by Crippen LogP contribution is -2.34. The minimum atomic E-state index is -0.812. The molecule has 1 aromatic heterocycles. The van der Waals surface area contributed by atoms with Crippen LogP contribution in [-0.4, -0.2) is 26.3 Å². The Morgan fingerprint density at radius 3 is 2.47 bits per heavy atom. The molecule has 154 valence electrons. The van der Waals surface area contributed by atoms with E-state index in [9.17, 15) is 19.5 Å². The SMILES string of the molecule is CCC(=NNC(=O)c1ccccc1Cl)c1c(O)n(-c2ccc(C)cc2)c(=O)[nH]c1=O. The zero-order valence-corrected chi connectivity index (χ0v) is 17.0. The summed E-state index contributed by atoms with van der Waals surface area (Å²) in [7, 11) is 0. The second-order valence-electron chi connectivity index (χ2n) is 6.46. The minimum absolute atomic E-state index is 0.0926. The third-order valence-electron chi connectivity index (χ3n) is 4.41. The van der Waals surface area contributed by atoms with Gasteiger partial charge in [0.2, 0.25) is 5.88 Å². The molecule has 30 heavy (non-hydrogen) atoms. The highest BCUT2D eigenvalue weighted by atomic mass is 35.5. The number of nitrogens with one attached hydrogen (secondary N) is 2. The van der Waals surface area contributed by atoms with Crippen LogP contribution in [0.5, 0.6) is 5.88 Å². The molecule has 0 radical (unpaired) electrons. The lowest BCUT2D eigenvalue weighted by molar-refractivity contribution is 0.0955. The van der Waals surface area contributed by atoms with Crippen molar-refractivity contribution < 1.29 is 9.90 Å². The van der Waals surface area contributed by atoms with Gasteiger partial charge in [-0.1, -0.05) is 48.4 Å². The van der Waals surface area contributed by atoms with Crippen LogP contribution in [-0.2, 0) is 0 Å². The number of aromatic nitrogens is 2. The third kappa shape index (κ3) is 4.18. The third-order valence-corrected chi connectivity index (χ3v) is 4.74. The van der Waals surface area contributed by atoms with Gasteiger partial charge in [0.15, 0.2) is 0 Å². The average Bonchev–Trinajstić information content (AvgIpc) is 2.71. The van der Waals surface area contributed by atoms with E-state index in [4.69, 9.17) is 11.6 Å². The maximum Gasteiger partial charge on any atom is 0.335 e. The van der Waals surface area contributed by atoms with E-state index in [1.54, 1.807) is 49.4 Å². The van der Waals surface area contributed by atoms with Crippen molar-refractivity contribution in [1.29, 1.82) is 0 Å². The first kappa shape index (κ1) is 21.1. The van der Waals surface area contributed by atoms with E-state index in [0.717, 1.165) is 10.1 Å². The molecular weight excluding hydrogens is 408 g/mol. The van der Waals surface area contributed by atoms with E-state index in [1.807, 2.05) is 6.92 Å². The molecule has 0 unspecified atom stereocenters. The van der Waals surface area contributed by atoms with Crippen LogP contribution in [0.15, 0.2) is 63.2 Å². The molecule has 0 saturated heterocycles. The Morgan fingerprint density at radius 2 is 1.83 bits per heavy atom. The molecular formula is C21H19ClN4O4. The number of hydrogen-bond acceptors (Lipinski definition) is 5. The van der Waals surface area contributed by atoms with Gasteiger partial charge in [0.05, 0.1) is 22.0 Å². The molecule has 0 aliphatic heterocycles. The second-order valence-corrected chi connectivity index (χ2v) is 6.87. The smallest absolute Gasteiger partial charge is 0.335 e. The zero-order valence-electron chi connectivity index (χ0n) is 16.3. The highest BCUT2D eigenvalue weighted by molar-refractivity contribution is 6.33. The molecule has 3 rings (SSSR count). The fourth-order valence-corrected chi connectivity index (χ4v) is 3.08. The summed E-state index contributed by atoms with van der Waals surface area (Å²) in [5, 5.41) is 15.0.